The molecule has 0 aliphatic carbocycles. The molecule has 21 heavy (non-hydrogen) atoms. The SMILES string of the molecule is CCCNC(CCOCC)Cc1ccnc2ccccc12. The summed E-state index contributed by atoms with van der Waals surface area (Å²) in [5.74, 6) is 0. The van der Waals surface area contributed by atoms with E-state index in [2.05, 4.69) is 41.5 Å². The van der Waals surface area contributed by atoms with E-state index in [-0.39, 0.29) is 0 Å². The number of nitrogens with zero attached hydrogens (tertiary/aromatic N) is 1. The molecule has 1 unspecified atom stereocenters. The summed E-state index contributed by atoms with van der Waals surface area (Å²) in [6, 6.07) is 11.0. The molecule has 3 nitrogen and oxygen atoms in total. The van der Waals surface area contributed by atoms with Crippen LogP contribution in [0.2, 0.25) is 0 Å². The molecule has 1 N–H and O–H groups in total. The van der Waals surface area contributed by atoms with Crippen molar-refractivity contribution in [1.29, 1.82) is 0 Å². The lowest BCUT2D eigenvalue weighted by Gasteiger charge is -2.19. The van der Waals surface area contributed by atoms with Crippen LogP contribution in [0.4, 0.5) is 0 Å². The minimum absolute atomic E-state index is 0.460. The van der Waals surface area contributed by atoms with E-state index in [1.807, 2.05) is 19.2 Å². The summed E-state index contributed by atoms with van der Waals surface area (Å²) in [4.78, 5) is 4.44. The summed E-state index contributed by atoms with van der Waals surface area (Å²) >= 11 is 0. The molecule has 0 aliphatic heterocycles. The smallest absolute Gasteiger partial charge is 0.0704 e. The monoisotopic (exact) mass is 286 g/mol. The van der Waals surface area contributed by atoms with Gasteiger partial charge in [-0.25, -0.2) is 0 Å². The van der Waals surface area contributed by atoms with E-state index >= 15 is 0 Å². The Bertz CT molecular complexity index is 536. The number of rotatable bonds is 9. The van der Waals surface area contributed by atoms with Gasteiger partial charge in [0.25, 0.3) is 0 Å². The normalized spacial score (nSPS) is 12.7. The summed E-state index contributed by atoms with van der Waals surface area (Å²) in [6.07, 6.45) is 5.14. The molecular weight excluding hydrogens is 260 g/mol. The number of hydrogen-bond donors (Lipinski definition) is 1. The van der Waals surface area contributed by atoms with Crippen LogP contribution >= 0.6 is 0 Å². The van der Waals surface area contributed by atoms with Gasteiger partial charge in [-0.05, 0) is 50.4 Å². The molecule has 0 radical (unpaired) electrons. The molecular formula is C18H26N2O. The van der Waals surface area contributed by atoms with Gasteiger partial charge in [-0.1, -0.05) is 25.1 Å². The van der Waals surface area contributed by atoms with Crippen molar-refractivity contribution in [1.82, 2.24) is 10.3 Å². The molecule has 0 aliphatic rings. The fourth-order valence-corrected chi connectivity index (χ4v) is 2.59. The van der Waals surface area contributed by atoms with Crippen molar-refractivity contribution in [2.45, 2.75) is 39.2 Å². The Morgan fingerprint density at radius 3 is 2.86 bits per heavy atom. The Labute approximate surface area is 127 Å². The van der Waals surface area contributed by atoms with Crippen molar-refractivity contribution in [3.8, 4) is 0 Å². The molecule has 114 valence electrons. The zero-order valence-corrected chi connectivity index (χ0v) is 13.1. The van der Waals surface area contributed by atoms with Crippen LogP contribution in [0.3, 0.4) is 0 Å². The standard InChI is InChI=1S/C18H26N2O/c1-3-11-19-16(10-13-21-4-2)14-15-9-12-20-18-8-6-5-7-17(15)18/h5-9,12,16,19H,3-4,10-11,13-14H2,1-2H3. The predicted molar refractivity (Wildman–Crippen MR) is 88.6 cm³/mol. The Hall–Kier alpha value is -1.45. The number of ether oxygens (including phenoxy) is 1. The van der Waals surface area contributed by atoms with Gasteiger partial charge in [-0.2, -0.15) is 0 Å². The van der Waals surface area contributed by atoms with Crippen LogP contribution in [0.1, 0.15) is 32.3 Å². The largest absolute Gasteiger partial charge is 0.382 e. The van der Waals surface area contributed by atoms with Crippen molar-refractivity contribution >= 4 is 10.9 Å². The predicted octanol–water partition coefficient (Wildman–Crippen LogP) is 3.57. The molecule has 0 fully saturated rings. The molecule has 2 aromatic rings. The van der Waals surface area contributed by atoms with Gasteiger partial charge >= 0.3 is 0 Å². The van der Waals surface area contributed by atoms with Gasteiger partial charge in [-0.3, -0.25) is 4.98 Å². The van der Waals surface area contributed by atoms with Gasteiger partial charge in [0, 0.05) is 30.8 Å². The van der Waals surface area contributed by atoms with Crippen molar-refractivity contribution in [3.05, 3.63) is 42.1 Å². The quantitative estimate of drug-likeness (QED) is 0.716. The molecule has 1 aromatic heterocycles. The van der Waals surface area contributed by atoms with Crippen molar-refractivity contribution < 1.29 is 4.74 Å². The van der Waals surface area contributed by atoms with Crippen LogP contribution in [0.15, 0.2) is 36.5 Å². The fourth-order valence-electron chi connectivity index (χ4n) is 2.59. The molecule has 0 amide bonds. The number of benzene rings is 1. The average molecular weight is 286 g/mol. The Morgan fingerprint density at radius 2 is 2.05 bits per heavy atom. The van der Waals surface area contributed by atoms with Crippen LogP contribution in [0, 0.1) is 0 Å². The number of fused-ring (bicyclic) bond motifs is 1. The summed E-state index contributed by atoms with van der Waals surface area (Å²) in [5, 5.41) is 4.90. The third-order valence-corrected chi connectivity index (χ3v) is 3.70. The highest BCUT2D eigenvalue weighted by molar-refractivity contribution is 5.81. The maximum atomic E-state index is 5.52. The van der Waals surface area contributed by atoms with E-state index in [1.165, 1.54) is 10.9 Å². The van der Waals surface area contributed by atoms with Crippen LogP contribution in [0.5, 0.6) is 0 Å². The van der Waals surface area contributed by atoms with Crippen molar-refractivity contribution in [2.24, 2.45) is 0 Å². The molecule has 1 heterocycles. The maximum absolute atomic E-state index is 5.52. The van der Waals surface area contributed by atoms with Crippen LogP contribution in [0.25, 0.3) is 10.9 Å². The van der Waals surface area contributed by atoms with Gasteiger partial charge in [0.15, 0.2) is 0 Å². The second kappa shape index (κ2) is 8.75. The zero-order valence-electron chi connectivity index (χ0n) is 13.1. The summed E-state index contributed by atoms with van der Waals surface area (Å²) in [7, 11) is 0. The maximum Gasteiger partial charge on any atom is 0.0704 e. The second-order valence-electron chi connectivity index (χ2n) is 5.33. The zero-order chi connectivity index (χ0) is 14.9. The number of pyridine rings is 1. The van der Waals surface area contributed by atoms with Gasteiger partial charge in [0.1, 0.15) is 0 Å². The molecule has 0 saturated carbocycles. The molecule has 1 atom stereocenters. The first-order valence-electron chi connectivity index (χ1n) is 7.99. The van der Waals surface area contributed by atoms with Gasteiger partial charge in [0.2, 0.25) is 0 Å². The van der Waals surface area contributed by atoms with E-state index in [9.17, 15) is 0 Å². The van der Waals surface area contributed by atoms with Crippen molar-refractivity contribution in [2.75, 3.05) is 19.8 Å². The molecule has 1 aromatic carbocycles. The lowest BCUT2D eigenvalue weighted by Crippen LogP contribution is -2.33. The summed E-state index contributed by atoms with van der Waals surface area (Å²) < 4.78 is 5.52. The van der Waals surface area contributed by atoms with Gasteiger partial charge in [-0.15, -0.1) is 0 Å². The van der Waals surface area contributed by atoms with Crippen LogP contribution in [-0.2, 0) is 11.2 Å². The number of nitrogens with one attached hydrogen (secondary N) is 1. The highest BCUT2D eigenvalue weighted by Gasteiger charge is 2.11. The number of hydrogen-bond acceptors (Lipinski definition) is 3. The fraction of sp³-hybridized carbons (Fsp3) is 0.500. The molecule has 0 bridgehead atoms. The Balaban J connectivity index is 2.09. The minimum Gasteiger partial charge on any atom is -0.382 e. The van der Waals surface area contributed by atoms with E-state index < -0.39 is 0 Å². The molecule has 2 rings (SSSR count). The molecule has 3 heteroatoms. The summed E-state index contributed by atoms with van der Waals surface area (Å²) in [6.45, 7) is 6.92. The van der Waals surface area contributed by atoms with Gasteiger partial charge in [0.05, 0.1) is 5.52 Å². The van der Waals surface area contributed by atoms with E-state index in [0.29, 0.717) is 6.04 Å². The van der Waals surface area contributed by atoms with E-state index in [0.717, 1.165) is 44.5 Å². The second-order valence-corrected chi connectivity index (χ2v) is 5.33. The topological polar surface area (TPSA) is 34.1 Å². The number of para-hydroxylation sites is 1. The highest BCUT2D eigenvalue weighted by Crippen LogP contribution is 2.18. The van der Waals surface area contributed by atoms with E-state index in [1.54, 1.807) is 0 Å². The first kappa shape index (κ1) is 15.9. The first-order chi connectivity index (χ1) is 10.3. The lowest BCUT2D eigenvalue weighted by molar-refractivity contribution is 0.136. The van der Waals surface area contributed by atoms with E-state index in [4.69, 9.17) is 4.74 Å². The Morgan fingerprint density at radius 1 is 1.19 bits per heavy atom. The van der Waals surface area contributed by atoms with Crippen LogP contribution < -0.4 is 5.32 Å². The minimum atomic E-state index is 0.460. The average Bonchev–Trinajstić information content (AvgIpc) is 2.53. The first-order valence-corrected chi connectivity index (χ1v) is 7.99. The lowest BCUT2D eigenvalue weighted by atomic mass is 10.00. The Kier molecular flexibility index (Phi) is 6.64. The molecule has 0 saturated heterocycles. The highest BCUT2D eigenvalue weighted by atomic mass is 16.5. The van der Waals surface area contributed by atoms with Crippen molar-refractivity contribution in [3.63, 3.8) is 0 Å². The summed E-state index contributed by atoms with van der Waals surface area (Å²) in [5.41, 5.74) is 2.44. The number of aromatic nitrogens is 1. The van der Waals surface area contributed by atoms with Gasteiger partial charge < -0.3 is 10.1 Å². The third-order valence-electron chi connectivity index (χ3n) is 3.70. The third kappa shape index (κ3) is 4.80. The van der Waals surface area contributed by atoms with Crippen LogP contribution in [-0.4, -0.2) is 30.8 Å². The molecule has 0 spiro atoms.